The van der Waals surface area contributed by atoms with Gasteiger partial charge in [-0.2, -0.15) is 0 Å². The molecule has 3 aromatic heterocycles. The van der Waals surface area contributed by atoms with Crippen molar-refractivity contribution >= 4 is 33.4 Å². The lowest BCUT2D eigenvalue weighted by atomic mass is 10.0. The zero-order valence-electron chi connectivity index (χ0n) is 16.8. The first-order valence-electron chi connectivity index (χ1n) is 10.4. The number of hydrogen-bond acceptors (Lipinski definition) is 7. The first kappa shape index (κ1) is 19.7. The molecule has 8 nitrogen and oxygen atoms in total. The lowest BCUT2D eigenvalue weighted by molar-refractivity contribution is -0.145. The Kier molecular flexibility index (Phi) is 5.19. The van der Waals surface area contributed by atoms with Crippen molar-refractivity contribution in [2.75, 3.05) is 0 Å². The second-order valence-corrected chi connectivity index (χ2v) is 8.70. The van der Waals surface area contributed by atoms with Gasteiger partial charge in [-0.05, 0) is 44.2 Å². The van der Waals surface area contributed by atoms with Crippen LogP contribution in [-0.2, 0) is 35.5 Å². The third-order valence-corrected chi connectivity index (χ3v) is 6.67. The van der Waals surface area contributed by atoms with Crippen molar-refractivity contribution in [3.8, 4) is 0 Å². The fourth-order valence-electron chi connectivity index (χ4n) is 4.05. The highest BCUT2D eigenvalue weighted by Crippen LogP contribution is 2.28. The van der Waals surface area contributed by atoms with E-state index < -0.39 is 11.7 Å². The number of hydrogen-bond donors (Lipinski definition) is 0. The van der Waals surface area contributed by atoms with Crippen LogP contribution in [0.4, 0.5) is 0 Å². The van der Waals surface area contributed by atoms with Gasteiger partial charge in [-0.25, -0.2) is 9.78 Å². The van der Waals surface area contributed by atoms with Gasteiger partial charge in [0.15, 0.2) is 10.5 Å². The van der Waals surface area contributed by atoms with E-state index in [0.717, 1.165) is 31.4 Å². The van der Waals surface area contributed by atoms with Gasteiger partial charge >= 0.3 is 11.7 Å². The number of aryl methyl sites for hydroxylation is 3. The summed E-state index contributed by atoms with van der Waals surface area (Å²) in [4.78, 5) is 43.1. The molecule has 1 aromatic carbocycles. The number of carbonyl (C=O) groups is 1. The van der Waals surface area contributed by atoms with Crippen LogP contribution in [0.1, 0.15) is 41.9 Å². The summed E-state index contributed by atoms with van der Waals surface area (Å²) in [5, 5.41) is 0. The summed E-state index contributed by atoms with van der Waals surface area (Å²) >= 11 is 1.55. The van der Waals surface area contributed by atoms with Crippen LogP contribution >= 0.6 is 11.3 Å². The van der Waals surface area contributed by atoms with Crippen LogP contribution in [-0.4, -0.2) is 19.9 Å². The molecule has 0 radical (unpaired) electrons. The lowest BCUT2D eigenvalue weighted by Gasteiger charge is -2.10. The number of ether oxygens (including phenoxy) is 1. The number of aromatic nitrogens is 3. The summed E-state index contributed by atoms with van der Waals surface area (Å²) in [5.74, 6) is -0.834. The molecule has 9 heteroatoms. The highest BCUT2D eigenvalue weighted by molar-refractivity contribution is 7.17. The largest absolute Gasteiger partial charge is 0.459 e. The molecule has 1 aliphatic carbocycles. The molecule has 160 valence electrons. The minimum Gasteiger partial charge on any atom is -0.459 e. The van der Waals surface area contributed by atoms with E-state index in [4.69, 9.17) is 9.15 Å². The van der Waals surface area contributed by atoms with Gasteiger partial charge in [-0.15, -0.1) is 11.3 Å². The normalized spacial score (nSPS) is 13.5. The van der Waals surface area contributed by atoms with Gasteiger partial charge < -0.3 is 9.15 Å². The van der Waals surface area contributed by atoms with Crippen molar-refractivity contribution in [3.05, 3.63) is 67.5 Å². The molecule has 0 unspecified atom stereocenters. The number of fused-ring (bicyclic) bond motifs is 4. The molecular formula is C22H21N3O5S. The summed E-state index contributed by atoms with van der Waals surface area (Å²) in [6.45, 7) is 0.318. The van der Waals surface area contributed by atoms with Crippen LogP contribution in [0.25, 0.3) is 16.1 Å². The summed E-state index contributed by atoms with van der Waals surface area (Å²) in [7, 11) is 0. The standard InChI is InChI=1S/C22H21N3O5S/c26-19-12-14(23-21-25(19)16-7-2-4-9-18(16)31-21)13-29-20(27)10-5-11-24-15-6-1-3-8-17(15)30-22(24)28/h1,3,6,8,12H,2,4-5,7,9-11,13H2. The molecule has 4 aromatic rings. The van der Waals surface area contributed by atoms with Crippen LogP contribution < -0.4 is 11.3 Å². The van der Waals surface area contributed by atoms with Gasteiger partial charge in [0, 0.05) is 29.6 Å². The molecule has 31 heavy (non-hydrogen) atoms. The minimum atomic E-state index is -0.439. The SMILES string of the molecule is O=C(CCCn1c(=O)oc2ccccc21)OCc1cc(=O)n2c3c(sc2n1)CCCC3. The van der Waals surface area contributed by atoms with Crippen LogP contribution in [0.5, 0.6) is 0 Å². The van der Waals surface area contributed by atoms with E-state index in [2.05, 4.69) is 4.98 Å². The zero-order chi connectivity index (χ0) is 21.4. The molecule has 0 fully saturated rings. The van der Waals surface area contributed by atoms with E-state index in [1.807, 2.05) is 6.07 Å². The second kappa shape index (κ2) is 8.14. The molecular weight excluding hydrogens is 418 g/mol. The van der Waals surface area contributed by atoms with E-state index in [9.17, 15) is 14.4 Å². The van der Waals surface area contributed by atoms with Crippen molar-refractivity contribution in [1.29, 1.82) is 0 Å². The number of rotatable bonds is 6. The topological polar surface area (TPSA) is 95.8 Å². The van der Waals surface area contributed by atoms with Crippen LogP contribution in [0, 0.1) is 0 Å². The van der Waals surface area contributed by atoms with Crippen molar-refractivity contribution in [3.63, 3.8) is 0 Å². The average molecular weight is 439 g/mol. The van der Waals surface area contributed by atoms with Gasteiger partial charge in [0.25, 0.3) is 5.56 Å². The Labute approximate surface area is 180 Å². The van der Waals surface area contributed by atoms with E-state index in [0.29, 0.717) is 34.7 Å². The molecule has 1 aliphatic rings. The predicted octanol–water partition coefficient (Wildman–Crippen LogP) is 3.07. The van der Waals surface area contributed by atoms with E-state index >= 15 is 0 Å². The zero-order valence-corrected chi connectivity index (χ0v) is 17.7. The number of thiazole rings is 1. The molecule has 0 atom stereocenters. The molecule has 0 saturated heterocycles. The smallest absolute Gasteiger partial charge is 0.419 e. The Bertz CT molecular complexity index is 1390. The third-order valence-electron chi connectivity index (χ3n) is 5.53. The van der Waals surface area contributed by atoms with Crippen molar-refractivity contribution < 1.29 is 13.9 Å². The number of carbonyl (C=O) groups excluding carboxylic acids is 1. The number of oxazole rings is 1. The molecule has 0 spiro atoms. The Balaban J connectivity index is 1.21. The van der Waals surface area contributed by atoms with Gasteiger partial charge in [-0.1, -0.05) is 12.1 Å². The van der Waals surface area contributed by atoms with Gasteiger partial charge in [0.05, 0.1) is 11.2 Å². The number of nitrogens with zero attached hydrogens (tertiary/aromatic N) is 3. The quantitative estimate of drug-likeness (QED) is 0.429. The Morgan fingerprint density at radius 1 is 1.19 bits per heavy atom. The van der Waals surface area contributed by atoms with Gasteiger partial charge in [-0.3, -0.25) is 18.6 Å². The maximum atomic E-state index is 12.6. The summed E-state index contributed by atoms with van der Waals surface area (Å²) in [5.41, 5.74) is 2.64. The molecule has 0 N–H and O–H groups in total. The number of esters is 1. The average Bonchev–Trinajstić information content (AvgIpc) is 3.29. The summed E-state index contributed by atoms with van der Waals surface area (Å²) in [6.07, 6.45) is 4.71. The number of benzene rings is 1. The van der Waals surface area contributed by atoms with Crippen LogP contribution in [0.15, 0.2) is 44.3 Å². The Morgan fingerprint density at radius 2 is 2.03 bits per heavy atom. The first-order chi connectivity index (χ1) is 15.1. The van der Waals surface area contributed by atoms with Gasteiger partial charge in [0.2, 0.25) is 0 Å². The fourth-order valence-corrected chi connectivity index (χ4v) is 5.28. The van der Waals surface area contributed by atoms with E-state index in [-0.39, 0.29) is 18.6 Å². The number of para-hydroxylation sites is 2. The highest BCUT2D eigenvalue weighted by Gasteiger charge is 2.19. The van der Waals surface area contributed by atoms with E-state index in [1.165, 1.54) is 15.5 Å². The van der Waals surface area contributed by atoms with Crippen LogP contribution in [0.3, 0.4) is 0 Å². The van der Waals surface area contributed by atoms with Crippen molar-refractivity contribution in [2.45, 2.75) is 51.7 Å². The molecule has 3 heterocycles. The third kappa shape index (κ3) is 3.81. The maximum absolute atomic E-state index is 12.6. The Morgan fingerprint density at radius 3 is 2.94 bits per heavy atom. The Hall–Kier alpha value is -3.20. The monoisotopic (exact) mass is 439 g/mol. The van der Waals surface area contributed by atoms with E-state index in [1.54, 1.807) is 33.9 Å². The highest BCUT2D eigenvalue weighted by atomic mass is 32.1. The van der Waals surface area contributed by atoms with Crippen molar-refractivity contribution in [1.82, 2.24) is 14.0 Å². The molecule has 5 rings (SSSR count). The van der Waals surface area contributed by atoms with Crippen molar-refractivity contribution in [2.24, 2.45) is 0 Å². The predicted molar refractivity (Wildman–Crippen MR) is 115 cm³/mol. The minimum absolute atomic E-state index is 0.0400. The summed E-state index contributed by atoms with van der Waals surface area (Å²) < 4.78 is 13.7. The fraction of sp³-hybridized carbons (Fsp3) is 0.364. The lowest BCUT2D eigenvalue weighted by Crippen LogP contribution is -2.19. The molecule has 0 aliphatic heterocycles. The summed E-state index contributed by atoms with van der Waals surface area (Å²) in [6, 6.07) is 8.62. The molecule has 0 bridgehead atoms. The van der Waals surface area contributed by atoms with Crippen LogP contribution in [0.2, 0.25) is 0 Å². The first-order valence-corrected chi connectivity index (χ1v) is 11.2. The van der Waals surface area contributed by atoms with Gasteiger partial charge in [0.1, 0.15) is 6.61 Å². The molecule has 0 saturated carbocycles. The second-order valence-electron chi connectivity index (χ2n) is 7.63. The molecule has 0 amide bonds. The maximum Gasteiger partial charge on any atom is 0.419 e.